The lowest BCUT2D eigenvalue weighted by Crippen LogP contribution is -1.95. The van der Waals surface area contributed by atoms with Crippen LogP contribution in [0.5, 0.6) is 0 Å². The summed E-state index contributed by atoms with van der Waals surface area (Å²) in [5.74, 6) is 0.718. The molecule has 0 unspecified atom stereocenters. The molecule has 0 aliphatic rings. The Kier molecular flexibility index (Phi) is 7.81. The van der Waals surface area contributed by atoms with Gasteiger partial charge in [-0.1, -0.05) is 188 Å². The van der Waals surface area contributed by atoms with E-state index in [2.05, 4.69) is 164 Å². The molecule has 0 fully saturated rings. The Morgan fingerprint density at radius 2 is 0.741 bits per heavy atom. The van der Waals surface area contributed by atoms with E-state index in [9.17, 15) is 0 Å². The Morgan fingerprint density at radius 1 is 0.278 bits per heavy atom. The zero-order chi connectivity index (χ0) is 35.8. The molecule has 0 aliphatic heterocycles. The van der Waals surface area contributed by atoms with E-state index >= 15 is 0 Å². The van der Waals surface area contributed by atoms with Gasteiger partial charge < -0.3 is 0 Å². The second kappa shape index (κ2) is 13.4. The van der Waals surface area contributed by atoms with Gasteiger partial charge in [0.1, 0.15) is 0 Å². The maximum atomic E-state index is 5.18. The number of fused-ring (bicyclic) bond motifs is 5. The first-order chi connectivity index (χ1) is 26.7. The highest BCUT2D eigenvalue weighted by molar-refractivity contribution is 6.22. The van der Waals surface area contributed by atoms with Crippen molar-refractivity contribution in [3.63, 3.8) is 0 Å². The van der Waals surface area contributed by atoms with Crippen LogP contribution >= 0.6 is 0 Å². The summed E-state index contributed by atoms with van der Waals surface area (Å²) in [4.78, 5) is 15.1. The van der Waals surface area contributed by atoms with Gasteiger partial charge in [0.15, 0.2) is 5.82 Å². The van der Waals surface area contributed by atoms with Crippen molar-refractivity contribution in [1.82, 2.24) is 15.0 Å². The number of pyridine rings is 1. The average Bonchev–Trinajstić information content (AvgIpc) is 3.26. The molecule has 0 spiro atoms. The third-order valence-corrected chi connectivity index (χ3v) is 10.3. The molecule has 0 saturated heterocycles. The molecular weight excluding hydrogens is 655 g/mol. The molecule has 0 radical (unpaired) electrons. The average molecular weight is 688 g/mol. The molecule has 2 aromatic heterocycles. The van der Waals surface area contributed by atoms with Crippen LogP contribution in [0.2, 0.25) is 0 Å². The molecule has 252 valence electrons. The van der Waals surface area contributed by atoms with E-state index in [-0.39, 0.29) is 0 Å². The first-order valence-corrected chi connectivity index (χ1v) is 18.3. The van der Waals surface area contributed by atoms with E-state index in [0.717, 1.165) is 56.2 Å². The molecule has 54 heavy (non-hydrogen) atoms. The lowest BCUT2D eigenvalue weighted by molar-refractivity contribution is 1.18. The summed E-state index contributed by atoms with van der Waals surface area (Å²) >= 11 is 0. The third kappa shape index (κ3) is 5.78. The van der Waals surface area contributed by atoms with Gasteiger partial charge in [0.05, 0.1) is 22.6 Å². The van der Waals surface area contributed by atoms with Crippen LogP contribution in [0, 0.1) is 0 Å². The van der Waals surface area contributed by atoms with Gasteiger partial charge in [-0.25, -0.2) is 15.0 Å². The van der Waals surface area contributed by atoms with Gasteiger partial charge >= 0.3 is 0 Å². The van der Waals surface area contributed by atoms with Crippen LogP contribution in [0.1, 0.15) is 0 Å². The van der Waals surface area contributed by atoms with Crippen molar-refractivity contribution in [1.29, 1.82) is 0 Å². The minimum Gasteiger partial charge on any atom is -0.247 e. The molecule has 0 saturated carbocycles. The normalized spacial score (nSPS) is 11.3. The van der Waals surface area contributed by atoms with Gasteiger partial charge in [-0.2, -0.15) is 0 Å². The van der Waals surface area contributed by atoms with Crippen molar-refractivity contribution in [3.05, 3.63) is 200 Å². The van der Waals surface area contributed by atoms with Gasteiger partial charge in [0.25, 0.3) is 0 Å². The first-order valence-electron chi connectivity index (χ1n) is 18.3. The van der Waals surface area contributed by atoms with Crippen LogP contribution in [0.15, 0.2) is 200 Å². The zero-order valence-electron chi connectivity index (χ0n) is 29.4. The van der Waals surface area contributed by atoms with Crippen LogP contribution in [0.25, 0.3) is 99.9 Å². The predicted octanol–water partition coefficient (Wildman–Crippen LogP) is 13.3. The third-order valence-electron chi connectivity index (χ3n) is 10.3. The molecule has 10 aromatic rings. The Morgan fingerprint density at radius 3 is 1.35 bits per heavy atom. The first kappa shape index (κ1) is 31.5. The number of aromatic nitrogens is 3. The van der Waals surface area contributed by atoms with Crippen molar-refractivity contribution in [2.45, 2.75) is 0 Å². The van der Waals surface area contributed by atoms with Gasteiger partial charge in [-0.15, -0.1) is 0 Å². The van der Waals surface area contributed by atoms with Crippen LogP contribution < -0.4 is 0 Å². The van der Waals surface area contributed by atoms with Crippen LogP contribution in [-0.2, 0) is 0 Å². The molecule has 0 aliphatic carbocycles. The molecule has 3 heteroatoms. The Labute approximate surface area is 313 Å². The Bertz CT molecular complexity index is 2860. The zero-order valence-corrected chi connectivity index (χ0v) is 29.4. The van der Waals surface area contributed by atoms with Crippen molar-refractivity contribution in [2.75, 3.05) is 0 Å². The summed E-state index contributed by atoms with van der Waals surface area (Å²) in [6.07, 6.45) is 0. The summed E-state index contributed by atoms with van der Waals surface area (Å²) in [6, 6.07) is 70.4. The smallest absolute Gasteiger partial charge is 0.160 e. The minimum atomic E-state index is 0.718. The quantitative estimate of drug-likeness (QED) is 0.163. The number of rotatable bonds is 6. The summed E-state index contributed by atoms with van der Waals surface area (Å²) < 4.78 is 0. The summed E-state index contributed by atoms with van der Waals surface area (Å²) in [6.45, 7) is 0. The number of hydrogen-bond acceptors (Lipinski definition) is 3. The number of benzene rings is 8. The molecular formula is C51H33N3. The highest BCUT2D eigenvalue weighted by atomic mass is 14.9. The standard InChI is InChI=1S/C51H33N3/c1-3-12-39(13-4-1)47-33-48(54-51(53-47)42-14-5-2-6-15-42)40-27-23-36(24-28-40)34-19-21-35(22-20-34)37-25-29-41(30-26-37)50-45-32-31-38-11-7-8-16-43(38)49(45)44-17-9-10-18-46(44)52-50/h1-33H. The maximum Gasteiger partial charge on any atom is 0.160 e. The highest BCUT2D eigenvalue weighted by Crippen LogP contribution is 2.38. The van der Waals surface area contributed by atoms with Gasteiger partial charge in [-0.05, 0) is 45.2 Å². The lowest BCUT2D eigenvalue weighted by Gasteiger charge is -2.13. The second-order valence-electron chi connectivity index (χ2n) is 13.6. The molecule has 2 heterocycles. The summed E-state index contributed by atoms with van der Waals surface area (Å²) in [7, 11) is 0. The van der Waals surface area contributed by atoms with Crippen molar-refractivity contribution < 1.29 is 0 Å². The summed E-state index contributed by atoms with van der Waals surface area (Å²) in [5.41, 5.74) is 12.7. The van der Waals surface area contributed by atoms with Crippen molar-refractivity contribution >= 4 is 32.4 Å². The number of nitrogens with zero attached hydrogens (tertiary/aromatic N) is 3. The van der Waals surface area contributed by atoms with E-state index in [0.29, 0.717) is 0 Å². The van der Waals surface area contributed by atoms with Gasteiger partial charge in [-0.3, -0.25) is 0 Å². The van der Waals surface area contributed by atoms with Crippen LogP contribution in [0.4, 0.5) is 0 Å². The monoisotopic (exact) mass is 687 g/mol. The van der Waals surface area contributed by atoms with E-state index in [1.54, 1.807) is 0 Å². The predicted molar refractivity (Wildman–Crippen MR) is 225 cm³/mol. The lowest BCUT2D eigenvalue weighted by atomic mass is 9.94. The highest BCUT2D eigenvalue weighted by Gasteiger charge is 2.14. The fourth-order valence-electron chi connectivity index (χ4n) is 7.52. The number of para-hydroxylation sites is 1. The van der Waals surface area contributed by atoms with E-state index in [4.69, 9.17) is 15.0 Å². The van der Waals surface area contributed by atoms with Crippen molar-refractivity contribution in [2.24, 2.45) is 0 Å². The van der Waals surface area contributed by atoms with E-state index in [1.807, 2.05) is 36.4 Å². The summed E-state index contributed by atoms with van der Waals surface area (Å²) in [5, 5.41) is 6.10. The fourth-order valence-corrected chi connectivity index (χ4v) is 7.52. The molecule has 0 N–H and O–H groups in total. The van der Waals surface area contributed by atoms with Gasteiger partial charge in [0.2, 0.25) is 0 Å². The van der Waals surface area contributed by atoms with E-state index in [1.165, 1.54) is 43.6 Å². The van der Waals surface area contributed by atoms with Gasteiger partial charge in [0, 0.05) is 38.4 Å². The minimum absolute atomic E-state index is 0.718. The Hall–Kier alpha value is -7.23. The molecule has 0 amide bonds. The Balaban J connectivity index is 0.938. The number of hydrogen-bond donors (Lipinski definition) is 0. The SMILES string of the molecule is c1ccc(-c2cc(-c3ccc(-c4ccc(-c5ccc(-c6nc7ccccc7c7c6ccc6ccccc67)cc5)cc4)cc3)nc(-c3ccccc3)n2)cc1. The molecule has 8 aromatic carbocycles. The topological polar surface area (TPSA) is 38.7 Å². The molecule has 3 nitrogen and oxygen atoms in total. The van der Waals surface area contributed by atoms with Crippen LogP contribution in [-0.4, -0.2) is 15.0 Å². The molecule has 10 rings (SSSR count). The van der Waals surface area contributed by atoms with Crippen molar-refractivity contribution in [3.8, 4) is 67.4 Å². The largest absolute Gasteiger partial charge is 0.247 e. The second-order valence-corrected chi connectivity index (χ2v) is 13.6. The fraction of sp³-hybridized carbons (Fsp3) is 0. The van der Waals surface area contributed by atoms with E-state index < -0.39 is 0 Å². The maximum absolute atomic E-state index is 5.18. The van der Waals surface area contributed by atoms with Crippen LogP contribution in [0.3, 0.4) is 0 Å². The molecule has 0 atom stereocenters. The molecule has 0 bridgehead atoms.